The zero-order valence-electron chi connectivity index (χ0n) is 37.8. The van der Waals surface area contributed by atoms with E-state index in [4.69, 9.17) is 9.97 Å². The molecule has 0 radical (unpaired) electrons. The molecule has 0 fully saturated rings. The van der Waals surface area contributed by atoms with Crippen LogP contribution in [0.25, 0.3) is 131 Å². The highest BCUT2D eigenvalue weighted by Gasteiger charge is 2.30. The van der Waals surface area contributed by atoms with Crippen LogP contribution in [0, 0.1) is 0 Å². The van der Waals surface area contributed by atoms with Crippen LogP contribution in [0.1, 0.15) is 11.1 Å². The molecule has 0 aliphatic heterocycles. The van der Waals surface area contributed by atoms with Crippen molar-refractivity contribution in [1.82, 2.24) is 19.1 Å². The summed E-state index contributed by atoms with van der Waals surface area (Å²) in [5, 5.41) is 6.34. The van der Waals surface area contributed by atoms with Crippen molar-refractivity contribution >= 4 is 75.3 Å². The molecule has 0 unspecified atom stereocenters. The molecule has 1 aliphatic carbocycles. The predicted octanol–water partition coefficient (Wildman–Crippen LogP) is 17.3. The molecule has 0 bridgehead atoms. The van der Waals surface area contributed by atoms with Gasteiger partial charge in [-0.15, -0.1) is 11.3 Å². The van der Waals surface area contributed by atoms with Crippen molar-refractivity contribution in [3.8, 4) is 67.4 Å². The van der Waals surface area contributed by atoms with E-state index in [2.05, 4.69) is 234 Å². The molecule has 1 aliphatic rings. The fourth-order valence-corrected chi connectivity index (χ4v) is 12.8. The van der Waals surface area contributed by atoms with Gasteiger partial charge in [0, 0.05) is 66.0 Å². The van der Waals surface area contributed by atoms with Gasteiger partial charge < -0.3 is 9.13 Å². The molecule has 0 saturated carbocycles. The normalized spacial score (nSPS) is 12.2. The van der Waals surface area contributed by atoms with E-state index in [1.807, 2.05) is 6.07 Å². The van der Waals surface area contributed by atoms with Crippen molar-refractivity contribution in [3.05, 3.63) is 242 Å². The molecule has 14 aromatic rings. The number of thiophene rings is 1. The lowest BCUT2D eigenvalue weighted by Gasteiger charge is -2.21. The molecule has 326 valence electrons. The van der Waals surface area contributed by atoms with Crippen LogP contribution < -0.4 is 0 Å². The fraction of sp³-hybridized carbons (Fsp3) is 0.0154. The summed E-state index contributed by atoms with van der Waals surface area (Å²) in [5.41, 5.74) is 21.1. The minimum absolute atomic E-state index is 0.720. The molecule has 0 N–H and O–H groups in total. The van der Waals surface area contributed by atoms with Gasteiger partial charge in [0.2, 0.25) is 0 Å². The van der Waals surface area contributed by atoms with Crippen LogP contribution in [-0.4, -0.2) is 19.1 Å². The molecular formula is C65H40N4S. The Kier molecular flexibility index (Phi) is 8.56. The van der Waals surface area contributed by atoms with Crippen molar-refractivity contribution in [2.75, 3.05) is 0 Å². The number of hydrogen-bond acceptors (Lipinski definition) is 3. The molecule has 4 nitrogen and oxygen atoms in total. The molecule has 10 aromatic carbocycles. The number of fused-ring (bicyclic) bond motifs is 14. The second-order valence-corrected chi connectivity index (χ2v) is 19.4. The van der Waals surface area contributed by atoms with Crippen LogP contribution in [0.3, 0.4) is 0 Å². The first kappa shape index (κ1) is 39.1. The monoisotopic (exact) mass is 908 g/mol. The van der Waals surface area contributed by atoms with E-state index in [-0.39, 0.29) is 0 Å². The van der Waals surface area contributed by atoms with E-state index in [0.29, 0.717) is 0 Å². The van der Waals surface area contributed by atoms with Crippen molar-refractivity contribution < 1.29 is 0 Å². The van der Waals surface area contributed by atoms with Crippen molar-refractivity contribution in [3.63, 3.8) is 0 Å². The number of hydrogen-bond donors (Lipinski definition) is 0. The van der Waals surface area contributed by atoms with Gasteiger partial charge in [-0.25, -0.2) is 9.97 Å². The van der Waals surface area contributed by atoms with E-state index in [9.17, 15) is 0 Å². The minimum Gasteiger partial charge on any atom is -0.309 e. The zero-order chi connectivity index (χ0) is 45.9. The van der Waals surface area contributed by atoms with Crippen LogP contribution in [0.5, 0.6) is 0 Å². The number of benzene rings is 10. The third kappa shape index (κ3) is 5.76. The summed E-state index contributed by atoms with van der Waals surface area (Å²) >= 11 is 1.77. The van der Waals surface area contributed by atoms with Crippen LogP contribution in [0.15, 0.2) is 231 Å². The Morgan fingerprint density at radius 1 is 0.371 bits per heavy atom. The van der Waals surface area contributed by atoms with Crippen molar-refractivity contribution in [2.24, 2.45) is 0 Å². The highest BCUT2D eigenvalue weighted by atomic mass is 32.1. The van der Waals surface area contributed by atoms with Crippen molar-refractivity contribution in [1.29, 1.82) is 0 Å². The van der Waals surface area contributed by atoms with Crippen LogP contribution >= 0.6 is 11.3 Å². The van der Waals surface area contributed by atoms with Gasteiger partial charge in [-0.05, 0) is 88.0 Å². The highest BCUT2D eigenvalue weighted by molar-refractivity contribution is 7.26. The van der Waals surface area contributed by atoms with E-state index in [1.165, 1.54) is 76.3 Å². The second-order valence-electron chi connectivity index (χ2n) is 18.4. The first-order chi connectivity index (χ1) is 34.7. The summed E-state index contributed by atoms with van der Waals surface area (Å²) < 4.78 is 7.28. The molecule has 0 atom stereocenters. The first-order valence-electron chi connectivity index (χ1n) is 24.0. The average Bonchev–Trinajstić information content (AvgIpc) is 4.19. The minimum atomic E-state index is 0.720. The van der Waals surface area contributed by atoms with E-state index in [1.54, 1.807) is 11.3 Å². The van der Waals surface area contributed by atoms with Gasteiger partial charge in [0.25, 0.3) is 0 Å². The quantitative estimate of drug-likeness (QED) is 0.167. The summed E-state index contributed by atoms with van der Waals surface area (Å²) in [6, 6.07) is 83.9. The van der Waals surface area contributed by atoms with Gasteiger partial charge in [-0.2, -0.15) is 0 Å². The lowest BCUT2D eigenvalue weighted by Crippen LogP contribution is -2.02. The summed E-state index contributed by atoms with van der Waals surface area (Å²) in [6.45, 7) is 0. The Bertz CT molecular complexity index is 4350. The summed E-state index contributed by atoms with van der Waals surface area (Å²) in [4.78, 5) is 10.8. The van der Waals surface area contributed by atoms with Crippen LogP contribution in [-0.2, 0) is 6.42 Å². The van der Waals surface area contributed by atoms with Crippen LogP contribution in [0.2, 0.25) is 0 Å². The molecule has 5 heteroatoms. The fourth-order valence-electron chi connectivity index (χ4n) is 11.6. The molecule has 0 amide bonds. The molecule has 15 rings (SSSR count). The van der Waals surface area contributed by atoms with Gasteiger partial charge >= 0.3 is 0 Å². The number of aromatic nitrogens is 4. The summed E-state index contributed by atoms with van der Waals surface area (Å²) in [5.74, 6) is 0.720. The highest BCUT2D eigenvalue weighted by Crippen LogP contribution is 2.51. The third-order valence-electron chi connectivity index (χ3n) is 14.6. The maximum atomic E-state index is 5.51. The van der Waals surface area contributed by atoms with E-state index in [0.717, 1.165) is 72.6 Å². The standard InChI is InChI=1S/C65H40N4S/c1-5-19-40(20-6-1)50-37-43(61-64-62(49-29-15-18-32-58(49)70-64)67-65(66-61)42-23-9-3-10-24-42)38-51(41-21-7-2-8-22-41)63(50)69-55-31-17-14-28-48(55)60-53-39-52-45(46(53)34-36-57(60)69)33-35-56-59(52)47-27-13-16-30-54(47)68(56)44-25-11-4-12-26-44/h1-38H,39H2. The number of nitrogens with zero attached hydrogens (tertiary/aromatic N) is 4. The number of para-hydroxylation sites is 3. The maximum Gasteiger partial charge on any atom is 0.160 e. The van der Waals surface area contributed by atoms with Gasteiger partial charge in [0.15, 0.2) is 5.82 Å². The SMILES string of the molecule is c1ccc(-c2nc(-c3cc(-c4ccccc4)c(-n4c5ccccc5c5c6c(ccc54)-c4ccc5c(c4C6)c4ccccc4n5-c4ccccc4)c(-c4ccccc4)c3)c3sc4ccccc4c3n2)cc1. The molecule has 0 spiro atoms. The topological polar surface area (TPSA) is 35.6 Å². The zero-order valence-corrected chi connectivity index (χ0v) is 38.7. The lowest BCUT2D eigenvalue weighted by molar-refractivity contribution is 1.18. The van der Waals surface area contributed by atoms with E-state index >= 15 is 0 Å². The number of rotatable bonds is 6. The Morgan fingerprint density at radius 2 is 0.857 bits per heavy atom. The largest absolute Gasteiger partial charge is 0.309 e. The third-order valence-corrected chi connectivity index (χ3v) is 15.7. The van der Waals surface area contributed by atoms with Gasteiger partial charge in [0.05, 0.1) is 43.7 Å². The Morgan fingerprint density at radius 3 is 1.46 bits per heavy atom. The van der Waals surface area contributed by atoms with Crippen LogP contribution in [0.4, 0.5) is 0 Å². The predicted molar refractivity (Wildman–Crippen MR) is 294 cm³/mol. The second kappa shape index (κ2) is 15.3. The Balaban J connectivity index is 1.02. The first-order valence-corrected chi connectivity index (χ1v) is 24.8. The smallest absolute Gasteiger partial charge is 0.160 e. The van der Waals surface area contributed by atoms with Gasteiger partial charge in [-0.1, -0.05) is 176 Å². The molecular weight excluding hydrogens is 869 g/mol. The Hall–Kier alpha value is -8.90. The lowest BCUT2D eigenvalue weighted by atomic mass is 9.91. The van der Waals surface area contributed by atoms with E-state index < -0.39 is 0 Å². The molecule has 70 heavy (non-hydrogen) atoms. The van der Waals surface area contributed by atoms with Crippen molar-refractivity contribution in [2.45, 2.75) is 6.42 Å². The van der Waals surface area contributed by atoms with Gasteiger partial charge in [-0.3, -0.25) is 0 Å². The average molecular weight is 909 g/mol. The maximum absolute atomic E-state index is 5.51. The molecule has 4 aromatic heterocycles. The van der Waals surface area contributed by atoms with Gasteiger partial charge in [0.1, 0.15) is 0 Å². The summed E-state index contributed by atoms with van der Waals surface area (Å²) in [6.07, 6.45) is 0.842. The molecule has 4 heterocycles. The molecule has 0 saturated heterocycles. The Labute approximate surface area is 407 Å². The summed E-state index contributed by atoms with van der Waals surface area (Å²) in [7, 11) is 0.